The number of aliphatic imine (C=N–C) groups is 1. The maximum absolute atomic E-state index is 10.7. The van der Waals surface area contributed by atoms with Crippen molar-refractivity contribution in [1.29, 1.82) is 0 Å². The number of aromatic hydroxyl groups is 1. The lowest BCUT2D eigenvalue weighted by Gasteiger charge is -2.13. The van der Waals surface area contributed by atoms with Crippen LogP contribution in [0.15, 0.2) is 41.1 Å². The first kappa shape index (κ1) is 16.3. The highest BCUT2D eigenvalue weighted by molar-refractivity contribution is 6.05. The lowest BCUT2D eigenvalue weighted by Crippen LogP contribution is -2.14. The fourth-order valence-electron chi connectivity index (χ4n) is 2.69. The summed E-state index contributed by atoms with van der Waals surface area (Å²) in [5, 5.41) is 10.7. The SMILES string of the molecule is C/C=C\C(=C(/C)OC)c1cccc(C2=NC(CN)CC2)c1O. The van der Waals surface area contributed by atoms with Gasteiger partial charge in [0.15, 0.2) is 0 Å². The summed E-state index contributed by atoms with van der Waals surface area (Å²) in [7, 11) is 1.63. The van der Waals surface area contributed by atoms with Crippen molar-refractivity contribution >= 4 is 11.3 Å². The third kappa shape index (κ3) is 3.22. The fourth-order valence-corrected chi connectivity index (χ4v) is 2.69. The van der Waals surface area contributed by atoms with Crippen LogP contribution in [-0.4, -0.2) is 30.5 Å². The van der Waals surface area contributed by atoms with E-state index in [2.05, 4.69) is 4.99 Å². The summed E-state index contributed by atoms with van der Waals surface area (Å²) in [6, 6.07) is 5.91. The predicted molar refractivity (Wildman–Crippen MR) is 91.1 cm³/mol. The highest BCUT2D eigenvalue weighted by Crippen LogP contribution is 2.34. The van der Waals surface area contributed by atoms with E-state index in [9.17, 15) is 5.11 Å². The quantitative estimate of drug-likeness (QED) is 0.648. The molecule has 0 aliphatic carbocycles. The third-order valence-electron chi connectivity index (χ3n) is 3.98. The summed E-state index contributed by atoms with van der Waals surface area (Å²) in [6.07, 6.45) is 5.67. The molecule has 0 fully saturated rings. The molecule has 1 aliphatic heterocycles. The van der Waals surface area contributed by atoms with Crippen molar-refractivity contribution in [1.82, 2.24) is 0 Å². The second-order valence-electron chi connectivity index (χ2n) is 5.38. The van der Waals surface area contributed by atoms with Crippen LogP contribution in [0, 0.1) is 0 Å². The zero-order chi connectivity index (χ0) is 16.1. The van der Waals surface area contributed by atoms with Gasteiger partial charge in [0.25, 0.3) is 0 Å². The van der Waals surface area contributed by atoms with Crippen LogP contribution >= 0.6 is 0 Å². The molecule has 0 saturated heterocycles. The smallest absolute Gasteiger partial charge is 0.132 e. The minimum Gasteiger partial charge on any atom is -0.507 e. The molecule has 4 nitrogen and oxygen atoms in total. The molecule has 1 heterocycles. The highest BCUT2D eigenvalue weighted by atomic mass is 16.5. The maximum Gasteiger partial charge on any atom is 0.132 e. The van der Waals surface area contributed by atoms with Gasteiger partial charge in [0.1, 0.15) is 11.5 Å². The van der Waals surface area contributed by atoms with Gasteiger partial charge in [0.2, 0.25) is 0 Å². The number of nitrogens with two attached hydrogens (primary N) is 1. The Hall–Kier alpha value is -2.07. The molecule has 118 valence electrons. The van der Waals surface area contributed by atoms with Gasteiger partial charge < -0.3 is 15.6 Å². The Morgan fingerprint density at radius 2 is 2.27 bits per heavy atom. The van der Waals surface area contributed by atoms with E-state index in [1.54, 1.807) is 7.11 Å². The number of nitrogens with zero attached hydrogens (tertiary/aromatic N) is 1. The van der Waals surface area contributed by atoms with E-state index in [4.69, 9.17) is 10.5 Å². The number of methoxy groups -OCH3 is 1. The second-order valence-corrected chi connectivity index (χ2v) is 5.38. The van der Waals surface area contributed by atoms with E-state index in [0.29, 0.717) is 6.54 Å². The predicted octanol–water partition coefficient (Wildman–Crippen LogP) is 3.26. The summed E-state index contributed by atoms with van der Waals surface area (Å²) >= 11 is 0. The molecule has 3 N–H and O–H groups in total. The van der Waals surface area contributed by atoms with Gasteiger partial charge in [-0.15, -0.1) is 0 Å². The van der Waals surface area contributed by atoms with Crippen molar-refractivity contribution in [2.45, 2.75) is 32.7 Å². The zero-order valence-electron chi connectivity index (χ0n) is 13.5. The number of ether oxygens (including phenoxy) is 1. The molecular formula is C18H24N2O2. The van der Waals surface area contributed by atoms with E-state index in [1.807, 2.05) is 44.2 Å². The zero-order valence-corrected chi connectivity index (χ0v) is 13.5. The molecule has 1 unspecified atom stereocenters. The van der Waals surface area contributed by atoms with Crippen LogP contribution < -0.4 is 5.73 Å². The van der Waals surface area contributed by atoms with Crippen molar-refractivity contribution in [3.8, 4) is 5.75 Å². The first-order chi connectivity index (χ1) is 10.6. The minimum absolute atomic E-state index is 0.171. The molecule has 0 bridgehead atoms. The van der Waals surface area contributed by atoms with Crippen molar-refractivity contribution in [2.24, 2.45) is 10.7 Å². The number of phenols is 1. The van der Waals surface area contributed by atoms with E-state index in [0.717, 1.165) is 41.0 Å². The molecule has 0 amide bonds. The largest absolute Gasteiger partial charge is 0.507 e. The number of benzene rings is 1. The van der Waals surface area contributed by atoms with Gasteiger partial charge in [-0.2, -0.15) is 0 Å². The van der Waals surface area contributed by atoms with Crippen LogP contribution in [0.5, 0.6) is 5.75 Å². The molecule has 2 rings (SSSR count). The summed E-state index contributed by atoms with van der Waals surface area (Å²) in [6.45, 7) is 4.38. The Balaban J connectivity index is 2.50. The number of allylic oxidation sites excluding steroid dienone is 4. The van der Waals surface area contributed by atoms with Crippen LogP contribution in [0.25, 0.3) is 5.57 Å². The summed E-state index contributed by atoms with van der Waals surface area (Å²) < 4.78 is 5.34. The summed E-state index contributed by atoms with van der Waals surface area (Å²) in [5.74, 6) is 1.02. The van der Waals surface area contributed by atoms with E-state index in [1.165, 1.54) is 0 Å². The number of para-hydroxylation sites is 1. The van der Waals surface area contributed by atoms with Crippen LogP contribution in [-0.2, 0) is 4.74 Å². The van der Waals surface area contributed by atoms with Gasteiger partial charge in [-0.1, -0.05) is 24.3 Å². The van der Waals surface area contributed by atoms with E-state index < -0.39 is 0 Å². The molecule has 0 aromatic heterocycles. The molecule has 1 aromatic rings. The normalized spacial score (nSPS) is 19.3. The molecule has 1 aromatic carbocycles. The number of rotatable bonds is 5. The maximum atomic E-state index is 10.7. The molecule has 0 spiro atoms. The summed E-state index contributed by atoms with van der Waals surface area (Å²) in [5.41, 5.74) is 9.04. The average molecular weight is 300 g/mol. The summed E-state index contributed by atoms with van der Waals surface area (Å²) in [4.78, 5) is 4.62. The average Bonchev–Trinajstić information content (AvgIpc) is 3.01. The van der Waals surface area contributed by atoms with Crippen molar-refractivity contribution in [3.05, 3.63) is 47.2 Å². The fraction of sp³-hybridized carbons (Fsp3) is 0.389. The van der Waals surface area contributed by atoms with Crippen molar-refractivity contribution in [2.75, 3.05) is 13.7 Å². The lowest BCUT2D eigenvalue weighted by atomic mass is 9.97. The monoisotopic (exact) mass is 300 g/mol. The first-order valence-corrected chi connectivity index (χ1v) is 7.59. The number of phenolic OH excluding ortho intramolecular Hbond substituents is 1. The Labute approximate surface area is 132 Å². The molecule has 0 saturated carbocycles. The number of hydrogen-bond donors (Lipinski definition) is 2. The molecule has 1 aliphatic rings. The van der Waals surface area contributed by atoms with E-state index >= 15 is 0 Å². The molecule has 22 heavy (non-hydrogen) atoms. The Morgan fingerprint density at radius 1 is 1.50 bits per heavy atom. The van der Waals surface area contributed by atoms with Crippen molar-refractivity contribution in [3.63, 3.8) is 0 Å². The lowest BCUT2D eigenvalue weighted by molar-refractivity contribution is 0.296. The Kier molecular flexibility index (Phi) is 5.39. The standard InChI is InChI=1S/C18H24N2O2/c1-4-6-14(12(2)22-3)15-7-5-8-16(18(15)21)17-10-9-13(11-19)20-17/h4-8,13,21H,9-11,19H2,1-3H3/b6-4-,14-12-. The molecular weight excluding hydrogens is 276 g/mol. The van der Waals surface area contributed by atoms with Crippen LogP contribution in [0.2, 0.25) is 0 Å². The molecule has 4 heteroatoms. The van der Waals surface area contributed by atoms with Crippen LogP contribution in [0.4, 0.5) is 0 Å². The van der Waals surface area contributed by atoms with Gasteiger partial charge >= 0.3 is 0 Å². The van der Waals surface area contributed by atoms with Gasteiger partial charge in [-0.05, 0) is 32.8 Å². The molecule has 0 radical (unpaired) electrons. The minimum atomic E-state index is 0.171. The van der Waals surface area contributed by atoms with Gasteiger partial charge in [0, 0.05) is 29.0 Å². The topological polar surface area (TPSA) is 67.8 Å². The van der Waals surface area contributed by atoms with Crippen LogP contribution in [0.3, 0.4) is 0 Å². The Morgan fingerprint density at radius 3 is 2.86 bits per heavy atom. The second kappa shape index (κ2) is 7.27. The molecule has 1 atom stereocenters. The van der Waals surface area contributed by atoms with Gasteiger partial charge in [-0.3, -0.25) is 4.99 Å². The third-order valence-corrected chi connectivity index (χ3v) is 3.98. The van der Waals surface area contributed by atoms with Crippen LogP contribution in [0.1, 0.15) is 37.8 Å². The number of hydrogen-bond acceptors (Lipinski definition) is 4. The van der Waals surface area contributed by atoms with E-state index in [-0.39, 0.29) is 11.8 Å². The first-order valence-electron chi connectivity index (χ1n) is 7.59. The Bertz CT molecular complexity index is 630. The van der Waals surface area contributed by atoms with Crippen molar-refractivity contribution < 1.29 is 9.84 Å². The van der Waals surface area contributed by atoms with Gasteiger partial charge in [-0.25, -0.2) is 0 Å². The van der Waals surface area contributed by atoms with Gasteiger partial charge in [0.05, 0.1) is 13.2 Å². The highest BCUT2D eigenvalue weighted by Gasteiger charge is 2.21.